The molecule has 0 saturated carbocycles. The van der Waals surface area contributed by atoms with Crippen LogP contribution in [0, 0.1) is 5.82 Å². The molecule has 3 aromatic rings. The van der Waals surface area contributed by atoms with E-state index in [0.717, 1.165) is 42.6 Å². The predicted octanol–water partition coefficient (Wildman–Crippen LogP) is 4.04. The molecule has 2 aromatic carbocycles. The Bertz CT molecular complexity index is 1210. The van der Waals surface area contributed by atoms with Gasteiger partial charge in [0.15, 0.2) is 0 Å². The van der Waals surface area contributed by atoms with E-state index in [1.807, 2.05) is 18.2 Å². The summed E-state index contributed by atoms with van der Waals surface area (Å²) >= 11 is 0. The van der Waals surface area contributed by atoms with Gasteiger partial charge in [0.05, 0.1) is 0 Å². The summed E-state index contributed by atoms with van der Waals surface area (Å²) in [7, 11) is 9.89. The van der Waals surface area contributed by atoms with E-state index in [1.54, 1.807) is 25.1 Å². The molecule has 1 saturated heterocycles. The maximum Gasteiger partial charge on any atom is 0.253 e. The predicted molar refractivity (Wildman–Crippen MR) is 130 cm³/mol. The molecule has 1 amide bonds. The van der Waals surface area contributed by atoms with Crippen LogP contribution in [0.4, 0.5) is 4.39 Å². The lowest BCUT2D eigenvalue weighted by atomic mass is 9.93. The molecule has 5 nitrogen and oxygen atoms in total. The Kier molecular flexibility index (Phi) is 5.53. The first kappa shape index (κ1) is 22.1. The zero-order valence-electron chi connectivity index (χ0n) is 20.2. The van der Waals surface area contributed by atoms with E-state index in [9.17, 15) is 9.18 Å². The van der Waals surface area contributed by atoms with E-state index in [2.05, 4.69) is 53.8 Å². The Morgan fingerprint density at radius 3 is 2.61 bits per heavy atom. The van der Waals surface area contributed by atoms with Gasteiger partial charge in [0.25, 0.3) is 5.91 Å². The van der Waals surface area contributed by atoms with Crippen LogP contribution in [0.3, 0.4) is 0 Å². The quantitative estimate of drug-likeness (QED) is 0.604. The summed E-state index contributed by atoms with van der Waals surface area (Å²) in [6.45, 7) is 1.82. The van der Waals surface area contributed by atoms with Crippen molar-refractivity contribution < 1.29 is 9.18 Å². The number of fused-ring (bicyclic) bond motifs is 2. The monoisotopic (exact) mass is 448 g/mol. The smallest absolute Gasteiger partial charge is 0.253 e. The lowest BCUT2D eigenvalue weighted by Crippen LogP contribution is -2.35. The molecule has 1 fully saturated rings. The van der Waals surface area contributed by atoms with Gasteiger partial charge in [-0.15, -0.1) is 0 Å². The number of benzene rings is 2. The zero-order valence-corrected chi connectivity index (χ0v) is 20.2. The Hall–Kier alpha value is -2.70. The number of halogens is 1. The van der Waals surface area contributed by atoms with Crippen molar-refractivity contribution in [3.63, 3.8) is 0 Å². The minimum atomic E-state index is -0.0666. The molecule has 174 valence electrons. The van der Waals surface area contributed by atoms with Crippen molar-refractivity contribution >= 4 is 16.8 Å². The van der Waals surface area contributed by atoms with Gasteiger partial charge in [-0.05, 0) is 56.3 Å². The zero-order chi connectivity index (χ0) is 23.4. The van der Waals surface area contributed by atoms with Crippen molar-refractivity contribution in [2.24, 2.45) is 7.05 Å². The molecule has 0 spiro atoms. The normalized spacial score (nSPS) is 22.9. The second-order valence-corrected chi connectivity index (χ2v) is 10.1. The lowest BCUT2D eigenvalue weighted by molar-refractivity contribution is 0.0827. The highest BCUT2D eigenvalue weighted by atomic mass is 19.1. The van der Waals surface area contributed by atoms with Gasteiger partial charge in [-0.2, -0.15) is 0 Å². The Morgan fingerprint density at radius 2 is 1.88 bits per heavy atom. The van der Waals surface area contributed by atoms with Crippen molar-refractivity contribution in [1.82, 2.24) is 19.3 Å². The lowest BCUT2D eigenvalue weighted by Gasteiger charge is -2.26. The molecule has 6 heteroatoms. The second-order valence-electron chi connectivity index (χ2n) is 10.1. The van der Waals surface area contributed by atoms with Gasteiger partial charge in [-0.3, -0.25) is 9.69 Å². The van der Waals surface area contributed by atoms with Crippen LogP contribution in [0.1, 0.15) is 45.4 Å². The van der Waals surface area contributed by atoms with Crippen LogP contribution in [-0.4, -0.2) is 72.5 Å². The molecule has 0 bridgehead atoms. The highest BCUT2D eigenvalue weighted by Gasteiger charge is 2.42. The molecule has 2 aliphatic rings. The molecular weight excluding hydrogens is 415 g/mol. The van der Waals surface area contributed by atoms with Crippen LogP contribution in [0.5, 0.6) is 0 Å². The van der Waals surface area contributed by atoms with Crippen LogP contribution in [0.2, 0.25) is 0 Å². The van der Waals surface area contributed by atoms with E-state index >= 15 is 0 Å². The van der Waals surface area contributed by atoms with E-state index < -0.39 is 0 Å². The third kappa shape index (κ3) is 3.65. The van der Waals surface area contributed by atoms with Crippen LogP contribution in [0.15, 0.2) is 42.6 Å². The Morgan fingerprint density at radius 1 is 1.09 bits per heavy atom. The van der Waals surface area contributed by atoms with Crippen molar-refractivity contribution in [2.75, 3.05) is 41.3 Å². The fourth-order valence-electron chi connectivity index (χ4n) is 5.98. The van der Waals surface area contributed by atoms with E-state index in [-0.39, 0.29) is 17.8 Å². The van der Waals surface area contributed by atoms with E-state index in [4.69, 9.17) is 0 Å². The van der Waals surface area contributed by atoms with Gasteiger partial charge in [0, 0.05) is 80.5 Å². The maximum absolute atomic E-state index is 14.8. The number of carbonyl (C=O) groups excluding carboxylic acids is 1. The second kappa shape index (κ2) is 8.26. The van der Waals surface area contributed by atoms with Crippen molar-refractivity contribution in [3.05, 3.63) is 70.7 Å². The van der Waals surface area contributed by atoms with Crippen LogP contribution < -0.4 is 0 Å². The number of likely N-dealkylation sites (tertiary alicyclic amines) is 1. The minimum Gasteiger partial charge on any atom is -0.350 e. The first-order valence-corrected chi connectivity index (χ1v) is 11.7. The molecule has 0 radical (unpaired) electrons. The van der Waals surface area contributed by atoms with Gasteiger partial charge in [-0.25, -0.2) is 4.39 Å². The average Bonchev–Trinajstić information content (AvgIpc) is 3.48. The molecule has 1 unspecified atom stereocenters. The summed E-state index contributed by atoms with van der Waals surface area (Å²) in [6.07, 6.45) is 4.15. The summed E-state index contributed by atoms with van der Waals surface area (Å²) in [6, 6.07) is 12.0. The number of amides is 1. The van der Waals surface area contributed by atoms with Crippen molar-refractivity contribution in [2.45, 2.75) is 30.8 Å². The van der Waals surface area contributed by atoms with E-state index in [0.29, 0.717) is 17.5 Å². The van der Waals surface area contributed by atoms with Crippen LogP contribution in [-0.2, 0) is 13.5 Å². The standard InChI is InChI=1S/C27H33FN4O/c1-29(2)25-16-32(23-12-10-17-7-6-8-22(28)26(17)23)15-21(25)20-14-31(5)24-13-18(9-11-19(20)24)27(33)30(3)4/h6-9,11,13-14,21,23,25H,10,12,15-16H2,1-5H3/t21-,23?,25+/m1/s1. The third-order valence-electron chi connectivity index (χ3n) is 7.66. The summed E-state index contributed by atoms with van der Waals surface area (Å²) in [5, 5.41) is 1.20. The molecule has 33 heavy (non-hydrogen) atoms. The molecule has 1 aliphatic heterocycles. The highest BCUT2D eigenvalue weighted by molar-refractivity contribution is 5.98. The number of carbonyl (C=O) groups is 1. The van der Waals surface area contributed by atoms with Gasteiger partial charge >= 0.3 is 0 Å². The van der Waals surface area contributed by atoms with Crippen molar-refractivity contribution in [1.29, 1.82) is 0 Å². The molecule has 1 aromatic heterocycles. The summed E-state index contributed by atoms with van der Waals surface area (Å²) in [5.41, 5.74) is 5.15. The van der Waals surface area contributed by atoms with Gasteiger partial charge in [0.1, 0.15) is 5.82 Å². The maximum atomic E-state index is 14.8. The Labute approximate surface area is 195 Å². The van der Waals surface area contributed by atoms with Crippen LogP contribution in [0.25, 0.3) is 10.9 Å². The number of aromatic nitrogens is 1. The molecule has 2 heterocycles. The topological polar surface area (TPSA) is 31.7 Å². The first-order chi connectivity index (χ1) is 15.8. The fraction of sp³-hybridized carbons (Fsp3) is 0.444. The number of aryl methyl sites for hydroxylation is 2. The number of likely N-dealkylation sites (N-methyl/N-ethyl adjacent to an activating group) is 1. The average molecular weight is 449 g/mol. The molecule has 1 aliphatic carbocycles. The van der Waals surface area contributed by atoms with Gasteiger partial charge < -0.3 is 14.4 Å². The van der Waals surface area contributed by atoms with Crippen LogP contribution >= 0.6 is 0 Å². The minimum absolute atomic E-state index is 0.0137. The number of rotatable bonds is 4. The Balaban J connectivity index is 1.51. The largest absolute Gasteiger partial charge is 0.350 e. The number of hydrogen-bond acceptors (Lipinski definition) is 3. The fourth-order valence-corrected chi connectivity index (χ4v) is 5.98. The summed E-state index contributed by atoms with van der Waals surface area (Å²) < 4.78 is 16.9. The number of nitrogens with zero attached hydrogens (tertiary/aromatic N) is 4. The third-order valence-corrected chi connectivity index (χ3v) is 7.66. The SMILES string of the molecule is CN(C)C(=O)c1ccc2c([C@H]3CN(C4CCc5cccc(F)c54)C[C@@H]3N(C)C)cn(C)c2c1. The molecule has 3 atom stereocenters. The first-order valence-electron chi connectivity index (χ1n) is 11.7. The van der Waals surface area contributed by atoms with Crippen molar-refractivity contribution in [3.8, 4) is 0 Å². The number of hydrogen-bond donors (Lipinski definition) is 0. The van der Waals surface area contributed by atoms with E-state index in [1.165, 1.54) is 10.9 Å². The van der Waals surface area contributed by atoms with Gasteiger partial charge in [-0.1, -0.05) is 18.2 Å². The molecular formula is C27H33FN4O. The summed E-state index contributed by atoms with van der Waals surface area (Å²) in [5.74, 6) is 0.262. The molecule has 5 rings (SSSR count). The molecule has 0 N–H and O–H groups in total. The summed E-state index contributed by atoms with van der Waals surface area (Å²) in [4.78, 5) is 18.9. The van der Waals surface area contributed by atoms with Gasteiger partial charge in [0.2, 0.25) is 0 Å². The highest BCUT2D eigenvalue weighted by Crippen LogP contribution is 2.43.